The topological polar surface area (TPSA) is 60.9 Å². The van der Waals surface area contributed by atoms with Crippen molar-refractivity contribution in [3.63, 3.8) is 0 Å². The maximum Gasteiger partial charge on any atom is 0.410 e. The molecule has 0 N–H and O–H groups in total. The first-order chi connectivity index (χ1) is 16.8. The molecule has 1 aliphatic rings. The van der Waals surface area contributed by atoms with Crippen molar-refractivity contribution >= 4 is 22.4 Å². The number of benzene rings is 2. The molecule has 0 spiro atoms. The van der Waals surface area contributed by atoms with Gasteiger partial charge in [0.25, 0.3) is 0 Å². The standard InChI is InChI=1S/C26H27BrN2O4.C2H6/c1-26(2,3)32-25(30)29-15-21(16-29)19-9-11-20(12-10-19)22-13-14-23(33-27)28-24(22)31-17-18-7-5-4-6-8-18;1-2/h4-14,21H,15-17H2,1-3H3;1-2H3. The molecule has 0 aliphatic carbocycles. The first kappa shape index (κ1) is 26.5. The summed E-state index contributed by atoms with van der Waals surface area (Å²) < 4.78 is 16.6. The SMILES string of the molecule is CC.CC(C)(C)OC(=O)N1CC(c2ccc(-c3ccc(OBr)nc3OCc3ccccc3)cc2)C1. The van der Waals surface area contributed by atoms with Gasteiger partial charge in [-0.05, 0) is 43.5 Å². The summed E-state index contributed by atoms with van der Waals surface area (Å²) in [6, 6.07) is 22.0. The van der Waals surface area contributed by atoms with E-state index in [1.165, 1.54) is 5.56 Å². The zero-order valence-electron chi connectivity index (χ0n) is 21.0. The third-order valence-electron chi connectivity index (χ3n) is 5.36. The van der Waals surface area contributed by atoms with Crippen molar-refractivity contribution < 1.29 is 18.1 Å². The van der Waals surface area contributed by atoms with E-state index >= 15 is 0 Å². The van der Waals surface area contributed by atoms with E-state index in [0.29, 0.717) is 37.4 Å². The Bertz CT molecular complexity index is 1090. The summed E-state index contributed by atoms with van der Waals surface area (Å²) >= 11 is 2.98. The highest BCUT2D eigenvalue weighted by Gasteiger charge is 2.34. The van der Waals surface area contributed by atoms with Crippen LogP contribution in [0.1, 0.15) is 51.7 Å². The molecule has 1 amide bonds. The summed E-state index contributed by atoms with van der Waals surface area (Å²) in [5, 5.41) is 0. The van der Waals surface area contributed by atoms with Gasteiger partial charge in [-0.25, -0.2) is 4.79 Å². The van der Waals surface area contributed by atoms with E-state index in [2.05, 4.69) is 45.5 Å². The molecule has 0 bridgehead atoms. The van der Waals surface area contributed by atoms with Crippen molar-refractivity contribution in [3.8, 4) is 22.9 Å². The highest BCUT2D eigenvalue weighted by molar-refractivity contribution is 9.06. The van der Waals surface area contributed by atoms with Gasteiger partial charge in [-0.3, -0.25) is 0 Å². The van der Waals surface area contributed by atoms with E-state index in [9.17, 15) is 4.79 Å². The monoisotopic (exact) mass is 540 g/mol. The van der Waals surface area contributed by atoms with Gasteiger partial charge < -0.3 is 18.2 Å². The summed E-state index contributed by atoms with van der Waals surface area (Å²) in [6.07, 6.45) is -0.254. The predicted octanol–water partition coefficient (Wildman–Crippen LogP) is 7.38. The van der Waals surface area contributed by atoms with Gasteiger partial charge in [-0.15, -0.1) is 0 Å². The van der Waals surface area contributed by atoms with Gasteiger partial charge in [-0.1, -0.05) is 68.4 Å². The lowest BCUT2D eigenvalue weighted by molar-refractivity contribution is 0.00819. The molecule has 6 nitrogen and oxygen atoms in total. The van der Waals surface area contributed by atoms with Crippen molar-refractivity contribution in [2.24, 2.45) is 0 Å². The number of pyridine rings is 1. The lowest BCUT2D eigenvalue weighted by atomic mass is 9.90. The molecule has 2 heterocycles. The number of amides is 1. The number of carbonyl (C=O) groups is 1. The van der Waals surface area contributed by atoms with Crippen LogP contribution in [0.25, 0.3) is 11.1 Å². The van der Waals surface area contributed by atoms with Crippen LogP contribution in [-0.2, 0) is 11.3 Å². The maximum absolute atomic E-state index is 12.2. The molecule has 186 valence electrons. The molecule has 0 saturated carbocycles. The Morgan fingerprint density at radius 3 is 2.26 bits per heavy atom. The number of aromatic nitrogens is 1. The van der Waals surface area contributed by atoms with Gasteiger partial charge in [0.1, 0.15) is 12.2 Å². The molecule has 1 saturated heterocycles. The van der Waals surface area contributed by atoms with E-state index in [4.69, 9.17) is 13.3 Å². The molecule has 2 aromatic carbocycles. The smallest absolute Gasteiger partial charge is 0.410 e. The zero-order chi connectivity index (χ0) is 25.4. The molecule has 4 rings (SSSR count). The molecular formula is C28H33BrN2O4. The van der Waals surface area contributed by atoms with Gasteiger partial charge in [0.15, 0.2) is 16.3 Å². The number of rotatable bonds is 6. The molecule has 0 radical (unpaired) electrons. The van der Waals surface area contributed by atoms with Crippen LogP contribution in [0.2, 0.25) is 0 Å². The molecule has 7 heteroatoms. The number of nitrogens with zero attached hydrogens (tertiary/aromatic N) is 2. The third kappa shape index (κ3) is 7.21. The van der Waals surface area contributed by atoms with Crippen molar-refractivity contribution in [1.82, 2.24) is 9.88 Å². The van der Waals surface area contributed by atoms with E-state index in [1.807, 2.05) is 71.0 Å². The van der Waals surface area contributed by atoms with Gasteiger partial charge in [-0.2, -0.15) is 4.98 Å². The second-order valence-electron chi connectivity index (χ2n) is 9.06. The fraction of sp³-hybridized carbons (Fsp3) is 0.357. The second-order valence-corrected chi connectivity index (χ2v) is 9.38. The van der Waals surface area contributed by atoms with Gasteiger partial charge in [0.05, 0.1) is 0 Å². The highest BCUT2D eigenvalue weighted by atomic mass is 79.9. The Kier molecular flexibility index (Phi) is 9.15. The van der Waals surface area contributed by atoms with Crippen molar-refractivity contribution in [1.29, 1.82) is 0 Å². The van der Waals surface area contributed by atoms with E-state index < -0.39 is 5.60 Å². The van der Waals surface area contributed by atoms with Crippen LogP contribution in [0.3, 0.4) is 0 Å². The highest BCUT2D eigenvalue weighted by Crippen LogP contribution is 2.34. The molecule has 1 aromatic heterocycles. The Morgan fingerprint density at radius 1 is 1.00 bits per heavy atom. The summed E-state index contributed by atoms with van der Waals surface area (Å²) in [5.74, 6) is 1.24. The molecule has 1 fully saturated rings. The Balaban J connectivity index is 0.00000167. The van der Waals surface area contributed by atoms with Crippen LogP contribution in [-0.4, -0.2) is 34.7 Å². The summed E-state index contributed by atoms with van der Waals surface area (Å²) in [4.78, 5) is 18.4. The van der Waals surface area contributed by atoms with Gasteiger partial charge in [0, 0.05) is 30.6 Å². The van der Waals surface area contributed by atoms with Gasteiger partial charge in [0.2, 0.25) is 11.8 Å². The van der Waals surface area contributed by atoms with Crippen molar-refractivity contribution in [3.05, 3.63) is 77.9 Å². The molecular weight excluding hydrogens is 508 g/mol. The van der Waals surface area contributed by atoms with E-state index in [-0.39, 0.29) is 6.09 Å². The minimum absolute atomic E-state index is 0.254. The van der Waals surface area contributed by atoms with Crippen LogP contribution in [0, 0.1) is 0 Å². The summed E-state index contributed by atoms with van der Waals surface area (Å²) in [7, 11) is 0. The molecule has 3 aromatic rings. The third-order valence-corrected chi connectivity index (χ3v) is 5.69. The Hall–Kier alpha value is -3.06. The summed E-state index contributed by atoms with van der Waals surface area (Å²) in [5.41, 5.74) is 3.66. The number of hydrogen-bond donors (Lipinski definition) is 0. The zero-order valence-corrected chi connectivity index (χ0v) is 22.5. The predicted molar refractivity (Wildman–Crippen MR) is 142 cm³/mol. The average molecular weight is 541 g/mol. The lowest BCUT2D eigenvalue weighted by Gasteiger charge is -2.40. The first-order valence-electron chi connectivity index (χ1n) is 11.9. The minimum Gasteiger partial charge on any atom is -0.472 e. The minimum atomic E-state index is -0.479. The first-order valence-corrected chi connectivity index (χ1v) is 12.5. The maximum atomic E-state index is 12.2. The van der Waals surface area contributed by atoms with Crippen LogP contribution in [0.4, 0.5) is 4.79 Å². The van der Waals surface area contributed by atoms with Crippen LogP contribution >= 0.6 is 16.3 Å². The van der Waals surface area contributed by atoms with E-state index in [1.54, 1.807) is 11.0 Å². The second kappa shape index (κ2) is 12.1. The average Bonchev–Trinajstić information content (AvgIpc) is 2.83. The molecule has 0 atom stereocenters. The molecule has 1 aliphatic heterocycles. The number of likely N-dealkylation sites (tertiary alicyclic amines) is 1. The number of hydrogen-bond acceptors (Lipinski definition) is 5. The van der Waals surface area contributed by atoms with Crippen LogP contribution < -0.4 is 8.57 Å². The van der Waals surface area contributed by atoms with E-state index in [0.717, 1.165) is 16.7 Å². The summed E-state index contributed by atoms with van der Waals surface area (Å²) in [6.45, 7) is 11.4. The lowest BCUT2D eigenvalue weighted by Crippen LogP contribution is -2.50. The fourth-order valence-corrected chi connectivity index (χ4v) is 3.80. The Labute approximate surface area is 216 Å². The van der Waals surface area contributed by atoms with Gasteiger partial charge >= 0.3 is 6.09 Å². The molecule has 35 heavy (non-hydrogen) atoms. The Morgan fingerprint density at radius 2 is 1.66 bits per heavy atom. The van der Waals surface area contributed by atoms with Crippen molar-refractivity contribution in [2.45, 2.75) is 52.7 Å². The number of carbonyl (C=O) groups excluding carboxylic acids is 1. The van der Waals surface area contributed by atoms with Crippen LogP contribution in [0.5, 0.6) is 11.8 Å². The number of halogens is 1. The normalized spacial score (nSPS) is 13.3. The number of ether oxygens (including phenoxy) is 2. The quantitative estimate of drug-likeness (QED) is 0.326. The van der Waals surface area contributed by atoms with Crippen LogP contribution in [0.15, 0.2) is 66.7 Å². The molecule has 0 unspecified atom stereocenters. The van der Waals surface area contributed by atoms with Crippen molar-refractivity contribution in [2.75, 3.05) is 13.1 Å². The fourth-order valence-electron chi connectivity index (χ4n) is 3.62. The largest absolute Gasteiger partial charge is 0.472 e.